The number of carbonyl (C=O) groups excluding carboxylic acids is 1. The Hall–Kier alpha value is -1.00. The van der Waals surface area contributed by atoms with Gasteiger partial charge in [0.2, 0.25) is 5.91 Å². The van der Waals surface area contributed by atoms with Crippen molar-refractivity contribution in [3.05, 3.63) is 29.8 Å². The molecule has 0 aliphatic carbocycles. The highest BCUT2D eigenvalue weighted by Gasteiger charge is 2.28. The van der Waals surface area contributed by atoms with E-state index in [1.807, 2.05) is 19.1 Å². The summed E-state index contributed by atoms with van der Waals surface area (Å²) < 4.78 is 0. The third-order valence-corrected chi connectivity index (χ3v) is 4.32. The number of amides is 1. The summed E-state index contributed by atoms with van der Waals surface area (Å²) in [5, 5.41) is 11.9. The van der Waals surface area contributed by atoms with E-state index in [4.69, 9.17) is 5.11 Å². The molecule has 92 valence electrons. The summed E-state index contributed by atoms with van der Waals surface area (Å²) in [5.74, 6) is 0.0344. The average Bonchev–Trinajstić information content (AvgIpc) is 2.79. The summed E-state index contributed by atoms with van der Waals surface area (Å²) in [6.45, 7) is 1.96. The summed E-state index contributed by atoms with van der Waals surface area (Å²) in [6.07, 6.45) is 1.54. The van der Waals surface area contributed by atoms with Crippen molar-refractivity contribution in [3.63, 3.8) is 0 Å². The molecular formula is C13H17NO2S. The van der Waals surface area contributed by atoms with Gasteiger partial charge in [-0.05, 0) is 24.5 Å². The Balaban J connectivity index is 1.96. The Bertz CT molecular complexity index is 379. The van der Waals surface area contributed by atoms with Crippen molar-refractivity contribution in [1.82, 2.24) is 5.32 Å². The van der Waals surface area contributed by atoms with Crippen molar-refractivity contribution in [3.8, 4) is 0 Å². The number of thioether (sulfide) groups is 1. The lowest BCUT2D eigenvalue weighted by atomic mass is 10.1. The fourth-order valence-electron chi connectivity index (χ4n) is 1.90. The highest BCUT2D eigenvalue weighted by molar-refractivity contribution is 8.01. The predicted octanol–water partition coefficient (Wildman–Crippen LogP) is 1.59. The van der Waals surface area contributed by atoms with Crippen molar-refractivity contribution in [2.24, 2.45) is 0 Å². The SMILES string of the molecule is CC[C@@H](CO)NC(=O)C1Cc2ccccc2S1. The molecule has 1 aliphatic heterocycles. The molecule has 0 spiro atoms. The maximum Gasteiger partial charge on any atom is 0.234 e. The number of benzene rings is 1. The highest BCUT2D eigenvalue weighted by atomic mass is 32.2. The van der Waals surface area contributed by atoms with Crippen molar-refractivity contribution >= 4 is 17.7 Å². The molecule has 0 fully saturated rings. The molecule has 2 atom stereocenters. The van der Waals surface area contributed by atoms with Crippen LogP contribution in [-0.4, -0.2) is 28.9 Å². The van der Waals surface area contributed by atoms with Gasteiger partial charge in [0.05, 0.1) is 17.9 Å². The molecule has 0 radical (unpaired) electrons. The van der Waals surface area contributed by atoms with Crippen LogP contribution in [0.3, 0.4) is 0 Å². The molecule has 1 amide bonds. The molecule has 0 aromatic heterocycles. The summed E-state index contributed by atoms with van der Waals surface area (Å²) in [5.41, 5.74) is 1.25. The molecule has 0 bridgehead atoms. The quantitative estimate of drug-likeness (QED) is 0.854. The van der Waals surface area contributed by atoms with E-state index in [1.54, 1.807) is 11.8 Å². The maximum absolute atomic E-state index is 12.0. The van der Waals surface area contributed by atoms with Crippen LogP contribution in [0.4, 0.5) is 0 Å². The molecule has 1 aromatic rings. The van der Waals surface area contributed by atoms with Gasteiger partial charge in [-0.3, -0.25) is 4.79 Å². The monoisotopic (exact) mass is 251 g/mol. The first-order chi connectivity index (χ1) is 8.24. The van der Waals surface area contributed by atoms with Crippen LogP contribution >= 0.6 is 11.8 Å². The van der Waals surface area contributed by atoms with Gasteiger partial charge in [0.15, 0.2) is 0 Å². The van der Waals surface area contributed by atoms with Crippen molar-refractivity contribution in [2.45, 2.75) is 36.0 Å². The smallest absolute Gasteiger partial charge is 0.234 e. The van der Waals surface area contributed by atoms with Crippen LogP contribution in [0.5, 0.6) is 0 Å². The van der Waals surface area contributed by atoms with Crippen LogP contribution in [-0.2, 0) is 11.2 Å². The molecule has 0 saturated heterocycles. The predicted molar refractivity (Wildman–Crippen MR) is 69.1 cm³/mol. The number of rotatable bonds is 4. The molecule has 1 aromatic carbocycles. The first-order valence-electron chi connectivity index (χ1n) is 5.90. The lowest BCUT2D eigenvalue weighted by Gasteiger charge is -2.16. The first-order valence-corrected chi connectivity index (χ1v) is 6.78. The van der Waals surface area contributed by atoms with E-state index in [9.17, 15) is 4.79 Å². The molecule has 0 saturated carbocycles. The van der Waals surface area contributed by atoms with Gasteiger partial charge in [-0.25, -0.2) is 0 Å². The number of fused-ring (bicyclic) bond motifs is 1. The average molecular weight is 251 g/mol. The number of carbonyl (C=O) groups is 1. The molecular weight excluding hydrogens is 234 g/mol. The van der Waals surface area contributed by atoms with Gasteiger partial charge in [-0.2, -0.15) is 0 Å². The largest absolute Gasteiger partial charge is 0.394 e. The number of hydrogen-bond acceptors (Lipinski definition) is 3. The van der Waals surface area contributed by atoms with Crippen LogP contribution < -0.4 is 5.32 Å². The third-order valence-electron chi connectivity index (χ3n) is 3.00. The summed E-state index contributed by atoms with van der Waals surface area (Å²) in [6, 6.07) is 8.00. The summed E-state index contributed by atoms with van der Waals surface area (Å²) in [7, 11) is 0. The molecule has 1 unspecified atom stereocenters. The Morgan fingerprint density at radius 1 is 1.59 bits per heavy atom. The zero-order valence-corrected chi connectivity index (χ0v) is 10.7. The van der Waals surface area contributed by atoms with E-state index in [0.29, 0.717) is 0 Å². The van der Waals surface area contributed by atoms with Gasteiger partial charge in [0, 0.05) is 4.90 Å². The number of nitrogens with one attached hydrogen (secondary N) is 1. The summed E-state index contributed by atoms with van der Waals surface area (Å²) in [4.78, 5) is 13.2. The molecule has 4 heteroatoms. The number of hydrogen-bond donors (Lipinski definition) is 2. The van der Waals surface area contributed by atoms with E-state index in [1.165, 1.54) is 10.5 Å². The van der Waals surface area contributed by atoms with Crippen LogP contribution in [0.1, 0.15) is 18.9 Å². The van der Waals surface area contributed by atoms with Gasteiger partial charge in [-0.15, -0.1) is 11.8 Å². The number of aliphatic hydroxyl groups is 1. The maximum atomic E-state index is 12.0. The van der Waals surface area contributed by atoms with E-state index >= 15 is 0 Å². The van der Waals surface area contributed by atoms with Crippen molar-refractivity contribution in [1.29, 1.82) is 0 Å². The Labute approximate surface area is 106 Å². The fraction of sp³-hybridized carbons (Fsp3) is 0.462. The molecule has 2 rings (SSSR count). The van der Waals surface area contributed by atoms with Gasteiger partial charge in [0.1, 0.15) is 0 Å². The highest BCUT2D eigenvalue weighted by Crippen LogP contribution is 2.36. The van der Waals surface area contributed by atoms with Crippen molar-refractivity contribution in [2.75, 3.05) is 6.61 Å². The van der Waals surface area contributed by atoms with Gasteiger partial charge < -0.3 is 10.4 Å². The van der Waals surface area contributed by atoms with Gasteiger partial charge >= 0.3 is 0 Å². The van der Waals surface area contributed by atoms with E-state index in [-0.39, 0.29) is 23.8 Å². The van der Waals surface area contributed by atoms with Crippen LogP contribution in [0, 0.1) is 0 Å². The second kappa shape index (κ2) is 5.56. The van der Waals surface area contributed by atoms with E-state index < -0.39 is 0 Å². The minimum absolute atomic E-state index is 0.00652. The van der Waals surface area contributed by atoms with E-state index in [0.717, 1.165) is 12.8 Å². The molecule has 1 aliphatic rings. The molecule has 1 heterocycles. The Morgan fingerprint density at radius 3 is 3.00 bits per heavy atom. The fourth-order valence-corrected chi connectivity index (χ4v) is 3.10. The molecule has 3 nitrogen and oxygen atoms in total. The number of aliphatic hydroxyl groups excluding tert-OH is 1. The normalized spacial score (nSPS) is 19.8. The van der Waals surface area contributed by atoms with Crippen LogP contribution in [0.15, 0.2) is 29.2 Å². The first kappa shape index (κ1) is 12.5. The zero-order chi connectivity index (χ0) is 12.3. The summed E-state index contributed by atoms with van der Waals surface area (Å²) >= 11 is 1.61. The molecule has 2 N–H and O–H groups in total. The zero-order valence-electron chi connectivity index (χ0n) is 9.85. The second-order valence-corrected chi connectivity index (χ2v) is 5.46. The molecule has 17 heavy (non-hydrogen) atoms. The second-order valence-electron chi connectivity index (χ2n) is 4.21. The lowest BCUT2D eigenvalue weighted by molar-refractivity contribution is -0.121. The van der Waals surface area contributed by atoms with Crippen LogP contribution in [0.2, 0.25) is 0 Å². The lowest BCUT2D eigenvalue weighted by Crippen LogP contribution is -2.41. The Morgan fingerprint density at radius 2 is 2.35 bits per heavy atom. The third kappa shape index (κ3) is 2.82. The topological polar surface area (TPSA) is 49.3 Å². The Kier molecular flexibility index (Phi) is 4.07. The minimum Gasteiger partial charge on any atom is -0.394 e. The van der Waals surface area contributed by atoms with Crippen molar-refractivity contribution < 1.29 is 9.90 Å². The van der Waals surface area contributed by atoms with Gasteiger partial charge in [-0.1, -0.05) is 25.1 Å². The van der Waals surface area contributed by atoms with E-state index in [2.05, 4.69) is 17.4 Å². The standard InChI is InChI=1S/C13H17NO2S/c1-2-10(8-15)14-13(16)12-7-9-5-3-4-6-11(9)17-12/h3-6,10,12,15H,2,7-8H2,1H3,(H,14,16)/t10-,12?/m0/s1. The van der Waals surface area contributed by atoms with Gasteiger partial charge in [0.25, 0.3) is 0 Å². The minimum atomic E-state index is -0.119. The van der Waals surface area contributed by atoms with Crippen LogP contribution in [0.25, 0.3) is 0 Å².